The van der Waals surface area contributed by atoms with Gasteiger partial charge in [0.2, 0.25) is 0 Å². The summed E-state index contributed by atoms with van der Waals surface area (Å²) in [6, 6.07) is 16.2. The molecule has 4 rings (SSSR count). The minimum atomic E-state index is -3.72. The van der Waals surface area contributed by atoms with Crippen LogP contribution in [0.4, 0.5) is 11.4 Å². The van der Waals surface area contributed by atoms with E-state index in [0.717, 1.165) is 5.39 Å². The number of benzene rings is 3. The molecule has 6 nitrogen and oxygen atoms in total. The highest BCUT2D eigenvalue weighted by molar-refractivity contribution is 7.93. The van der Waals surface area contributed by atoms with Gasteiger partial charge in [0, 0.05) is 17.5 Å². The Morgan fingerprint density at radius 3 is 2.44 bits per heavy atom. The van der Waals surface area contributed by atoms with E-state index in [1.165, 1.54) is 16.4 Å². The number of nitro benzene ring substituents is 1. The summed E-state index contributed by atoms with van der Waals surface area (Å²) in [6.07, 6.45) is 0. The predicted molar refractivity (Wildman–Crippen MR) is 95.1 cm³/mol. The molecule has 0 aromatic heterocycles. The SMILES string of the molecule is C[C@H](c1cccc([N+](=O)[O-])c1)N1c2cccc3cccc(c23)S1(=O)=O. The van der Waals surface area contributed by atoms with E-state index >= 15 is 0 Å². The Kier molecular flexibility index (Phi) is 3.30. The zero-order chi connectivity index (χ0) is 17.8. The van der Waals surface area contributed by atoms with Gasteiger partial charge in [-0.15, -0.1) is 0 Å². The number of non-ortho nitro benzene ring substituents is 1. The number of nitro groups is 1. The molecule has 25 heavy (non-hydrogen) atoms. The lowest BCUT2D eigenvalue weighted by Gasteiger charge is -2.26. The number of hydrogen-bond donors (Lipinski definition) is 0. The Balaban J connectivity index is 1.91. The number of anilines is 1. The summed E-state index contributed by atoms with van der Waals surface area (Å²) in [5.41, 5.74) is 1.12. The van der Waals surface area contributed by atoms with Crippen LogP contribution in [0.15, 0.2) is 65.6 Å². The van der Waals surface area contributed by atoms with Crippen LogP contribution in [0.1, 0.15) is 18.5 Å². The van der Waals surface area contributed by atoms with Gasteiger partial charge in [-0.2, -0.15) is 0 Å². The van der Waals surface area contributed by atoms with Crippen LogP contribution in [0.3, 0.4) is 0 Å². The highest BCUT2D eigenvalue weighted by Crippen LogP contribution is 2.46. The van der Waals surface area contributed by atoms with E-state index in [2.05, 4.69) is 0 Å². The number of sulfonamides is 1. The van der Waals surface area contributed by atoms with Crippen molar-refractivity contribution < 1.29 is 13.3 Å². The second kappa shape index (κ2) is 5.29. The van der Waals surface area contributed by atoms with Crippen LogP contribution in [0.5, 0.6) is 0 Å². The molecule has 0 aliphatic carbocycles. The third kappa shape index (κ3) is 2.20. The molecule has 1 aliphatic rings. The number of nitrogens with zero attached hydrogens (tertiary/aromatic N) is 2. The Morgan fingerprint density at radius 2 is 1.72 bits per heavy atom. The molecule has 0 radical (unpaired) electrons. The van der Waals surface area contributed by atoms with Gasteiger partial charge in [-0.05, 0) is 30.0 Å². The molecule has 1 aliphatic heterocycles. The van der Waals surface area contributed by atoms with Gasteiger partial charge in [-0.3, -0.25) is 14.4 Å². The van der Waals surface area contributed by atoms with E-state index in [1.54, 1.807) is 37.3 Å². The summed E-state index contributed by atoms with van der Waals surface area (Å²) in [7, 11) is -3.72. The lowest BCUT2D eigenvalue weighted by atomic mass is 10.1. The molecule has 7 heteroatoms. The summed E-state index contributed by atoms with van der Waals surface area (Å²) in [6.45, 7) is 1.74. The molecule has 0 fully saturated rings. The molecular formula is C18H14N2O4S. The zero-order valence-electron chi connectivity index (χ0n) is 13.3. The summed E-state index contributed by atoms with van der Waals surface area (Å²) in [4.78, 5) is 10.8. The fraction of sp³-hybridized carbons (Fsp3) is 0.111. The van der Waals surface area contributed by atoms with Gasteiger partial charge in [0.15, 0.2) is 0 Å². The zero-order valence-corrected chi connectivity index (χ0v) is 14.1. The Hall–Kier alpha value is -2.93. The van der Waals surface area contributed by atoms with Crippen molar-refractivity contribution >= 4 is 32.2 Å². The molecule has 0 spiro atoms. The first-order chi connectivity index (χ1) is 11.9. The maximum absolute atomic E-state index is 13.1. The van der Waals surface area contributed by atoms with Crippen molar-refractivity contribution in [3.63, 3.8) is 0 Å². The summed E-state index contributed by atoms with van der Waals surface area (Å²) >= 11 is 0. The molecule has 0 saturated carbocycles. The molecular weight excluding hydrogens is 340 g/mol. The van der Waals surface area contributed by atoms with Gasteiger partial charge < -0.3 is 0 Å². The first-order valence-electron chi connectivity index (χ1n) is 7.72. The molecule has 0 N–H and O–H groups in total. The highest BCUT2D eigenvalue weighted by atomic mass is 32.2. The molecule has 0 unspecified atom stereocenters. The van der Waals surface area contributed by atoms with Gasteiger partial charge in [0.05, 0.1) is 21.5 Å². The predicted octanol–water partition coefficient (Wildman–Crippen LogP) is 4.02. The van der Waals surface area contributed by atoms with Crippen molar-refractivity contribution in [2.75, 3.05) is 4.31 Å². The number of hydrogen-bond acceptors (Lipinski definition) is 4. The van der Waals surface area contributed by atoms with Gasteiger partial charge in [0.25, 0.3) is 15.7 Å². The third-order valence-electron chi connectivity index (χ3n) is 4.53. The normalized spacial score (nSPS) is 16.1. The maximum atomic E-state index is 13.1. The van der Waals surface area contributed by atoms with E-state index < -0.39 is 21.0 Å². The van der Waals surface area contributed by atoms with Crippen molar-refractivity contribution in [3.05, 3.63) is 76.3 Å². The first-order valence-corrected chi connectivity index (χ1v) is 9.16. The maximum Gasteiger partial charge on any atom is 0.269 e. The van der Waals surface area contributed by atoms with Crippen molar-refractivity contribution in [1.82, 2.24) is 0 Å². The monoisotopic (exact) mass is 354 g/mol. The van der Waals surface area contributed by atoms with Crippen LogP contribution in [0.2, 0.25) is 0 Å². The topological polar surface area (TPSA) is 80.5 Å². The van der Waals surface area contributed by atoms with Gasteiger partial charge in [-0.25, -0.2) is 8.42 Å². The lowest BCUT2D eigenvalue weighted by molar-refractivity contribution is -0.384. The van der Waals surface area contributed by atoms with E-state index in [1.807, 2.05) is 18.2 Å². The fourth-order valence-corrected chi connectivity index (χ4v) is 5.26. The largest absolute Gasteiger partial charge is 0.269 e. The minimum Gasteiger partial charge on any atom is -0.258 e. The van der Waals surface area contributed by atoms with Crippen LogP contribution in [0.25, 0.3) is 10.8 Å². The van der Waals surface area contributed by atoms with Crippen molar-refractivity contribution in [3.8, 4) is 0 Å². The average Bonchev–Trinajstić information content (AvgIpc) is 2.84. The van der Waals surface area contributed by atoms with Crippen LogP contribution < -0.4 is 4.31 Å². The van der Waals surface area contributed by atoms with Crippen molar-refractivity contribution in [1.29, 1.82) is 0 Å². The van der Waals surface area contributed by atoms with Gasteiger partial charge >= 0.3 is 0 Å². The molecule has 0 saturated heterocycles. The average molecular weight is 354 g/mol. The second-order valence-corrected chi connectivity index (χ2v) is 7.74. The Bertz CT molecular complexity index is 1120. The fourth-order valence-electron chi connectivity index (χ4n) is 3.37. The number of rotatable bonds is 3. The Labute approximate surface area is 144 Å². The van der Waals surface area contributed by atoms with Crippen LogP contribution in [0, 0.1) is 10.1 Å². The van der Waals surface area contributed by atoms with Crippen LogP contribution in [-0.2, 0) is 10.0 Å². The second-order valence-electron chi connectivity index (χ2n) is 5.96. The highest BCUT2D eigenvalue weighted by Gasteiger charge is 2.39. The standard InChI is InChI=1S/C18H14N2O4S/c1-12(14-7-2-8-15(11-14)20(21)22)19-16-9-3-5-13-6-4-10-17(18(13)16)25(19,23)24/h2-12H,1H3/t12-/m1/s1. The summed E-state index contributed by atoms with van der Waals surface area (Å²) < 4.78 is 27.5. The minimum absolute atomic E-state index is 0.0586. The molecule has 1 atom stereocenters. The lowest BCUT2D eigenvalue weighted by Crippen LogP contribution is -2.30. The smallest absolute Gasteiger partial charge is 0.258 e. The molecule has 3 aromatic carbocycles. The van der Waals surface area contributed by atoms with Crippen molar-refractivity contribution in [2.45, 2.75) is 17.9 Å². The molecule has 0 bridgehead atoms. The summed E-state index contributed by atoms with van der Waals surface area (Å²) in [5, 5.41) is 12.6. The summed E-state index contributed by atoms with van der Waals surface area (Å²) in [5.74, 6) is 0. The molecule has 1 heterocycles. The van der Waals surface area contributed by atoms with Crippen LogP contribution >= 0.6 is 0 Å². The van der Waals surface area contributed by atoms with E-state index in [9.17, 15) is 18.5 Å². The molecule has 3 aromatic rings. The first kappa shape index (κ1) is 15.6. The van der Waals surface area contributed by atoms with Gasteiger partial charge in [-0.1, -0.05) is 36.4 Å². The van der Waals surface area contributed by atoms with Crippen molar-refractivity contribution in [2.24, 2.45) is 0 Å². The van der Waals surface area contributed by atoms with E-state index in [0.29, 0.717) is 16.6 Å². The van der Waals surface area contributed by atoms with E-state index in [-0.39, 0.29) is 10.6 Å². The Morgan fingerprint density at radius 1 is 1.04 bits per heavy atom. The quantitative estimate of drug-likeness (QED) is 0.525. The molecule has 126 valence electrons. The third-order valence-corrected chi connectivity index (χ3v) is 6.46. The molecule has 0 amide bonds. The van der Waals surface area contributed by atoms with Crippen LogP contribution in [-0.4, -0.2) is 13.3 Å². The van der Waals surface area contributed by atoms with E-state index in [4.69, 9.17) is 0 Å². The van der Waals surface area contributed by atoms with Gasteiger partial charge in [0.1, 0.15) is 0 Å².